The van der Waals surface area contributed by atoms with Crippen LogP contribution in [0, 0.1) is 0 Å². The predicted molar refractivity (Wildman–Crippen MR) is 95.3 cm³/mol. The van der Waals surface area contributed by atoms with Gasteiger partial charge in [0.2, 0.25) is 17.1 Å². The molecule has 3 rings (SSSR count). The molecule has 2 aromatic rings. The number of esters is 3. The second-order valence-electron chi connectivity index (χ2n) is 6.60. The van der Waals surface area contributed by atoms with E-state index in [1.54, 1.807) is 0 Å². The third kappa shape index (κ3) is 4.11. The molecule has 2 bridgehead atoms. The van der Waals surface area contributed by atoms with E-state index in [2.05, 4.69) is 11.3 Å². The van der Waals surface area contributed by atoms with Gasteiger partial charge < -0.3 is 23.4 Å². The van der Waals surface area contributed by atoms with E-state index in [9.17, 15) is 40.4 Å². The van der Waals surface area contributed by atoms with Crippen molar-refractivity contribution in [2.24, 2.45) is 0 Å². The largest absolute Gasteiger partial charge is 0.444 e. The van der Waals surface area contributed by atoms with Gasteiger partial charge in [0.25, 0.3) is 0 Å². The lowest BCUT2D eigenvalue weighted by Gasteiger charge is -2.23. The first-order valence-electron chi connectivity index (χ1n) is 8.61. The van der Waals surface area contributed by atoms with E-state index in [4.69, 9.17) is 23.2 Å². The monoisotopic (exact) mass is 500 g/mol. The number of fused-ring (bicyclic) bond motifs is 1. The fourth-order valence-electron chi connectivity index (χ4n) is 2.64. The van der Waals surface area contributed by atoms with E-state index in [1.807, 2.05) is 0 Å². The lowest BCUT2D eigenvalue weighted by Crippen LogP contribution is -2.47. The number of ether oxygens (including phenoxy) is 4. The van der Waals surface area contributed by atoms with Crippen LogP contribution in [0.1, 0.15) is 23.7 Å². The van der Waals surface area contributed by atoms with Gasteiger partial charge in [-0.2, -0.15) is 26.0 Å². The van der Waals surface area contributed by atoms with E-state index in [-0.39, 0.29) is 28.2 Å². The molecule has 1 aliphatic heterocycles. The molecule has 0 unspecified atom stereocenters. The Kier molecular flexibility index (Phi) is 5.89. The Morgan fingerprint density at radius 1 is 1.12 bits per heavy atom. The van der Waals surface area contributed by atoms with Crippen molar-refractivity contribution in [2.75, 3.05) is 13.2 Å². The lowest BCUT2D eigenvalue weighted by molar-refractivity contribution is -0.170. The van der Waals surface area contributed by atoms with Gasteiger partial charge in [-0.1, -0.05) is 6.58 Å². The normalized spacial score (nSPS) is 13.9. The van der Waals surface area contributed by atoms with Crippen LogP contribution in [-0.2, 0) is 24.4 Å². The Morgan fingerprint density at radius 3 is 2.33 bits per heavy atom. The van der Waals surface area contributed by atoms with Gasteiger partial charge in [-0.25, -0.2) is 9.59 Å². The van der Waals surface area contributed by atoms with Gasteiger partial charge in [-0.05, 0) is 0 Å². The van der Waals surface area contributed by atoms with E-state index in [0.29, 0.717) is 0 Å². The number of halogens is 4. The highest BCUT2D eigenvalue weighted by molar-refractivity contribution is 7.87. The molecule has 0 atom stereocenters. The van der Waals surface area contributed by atoms with Crippen molar-refractivity contribution in [1.29, 1.82) is 0 Å². The molecule has 16 heteroatoms. The third-order valence-electron chi connectivity index (χ3n) is 4.20. The van der Waals surface area contributed by atoms with Crippen molar-refractivity contribution >= 4 is 39.2 Å². The summed E-state index contributed by atoms with van der Waals surface area (Å²) < 4.78 is 107. The van der Waals surface area contributed by atoms with Crippen LogP contribution in [0.2, 0.25) is 0 Å². The number of hydrogen-bond donors (Lipinski definition) is 1. The SMILES string of the molecule is C=C(COCCC(F)(F)C(F)(F)S(=O)(=O)O)C(=O)Oc1c2c3oc1c(OC(C)=O)c3C(=O)O2. The minimum Gasteiger partial charge on any atom is -0.444 e. The van der Waals surface area contributed by atoms with Crippen LogP contribution in [0.15, 0.2) is 16.6 Å². The molecule has 0 aliphatic carbocycles. The number of benzene rings is 1. The molecular formula is C17H12F4O11S. The molecule has 11 nitrogen and oxygen atoms in total. The maximum absolute atomic E-state index is 13.4. The minimum atomic E-state index is -6.39. The van der Waals surface area contributed by atoms with Gasteiger partial charge in [-0.15, -0.1) is 0 Å². The molecule has 0 saturated heterocycles. The quantitative estimate of drug-likeness (QED) is 0.128. The van der Waals surface area contributed by atoms with Gasteiger partial charge in [0.05, 0.1) is 18.8 Å². The summed E-state index contributed by atoms with van der Waals surface area (Å²) >= 11 is 0. The number of rotatable bonds is 10. The first kappa shape index (κ1) is 24.4. The van der Waals surface area contributed by atoms with Crippen molar-refractivity contribution in [2.45, 2.75) is 24.5 Å². The Bertz CT molecular complexity index is 1260. The van der Waals surface area contributed by atoms with Gasteiger partial charge in [0.1, 0.15) is 0 Å². The number of alkyl halides is 4. The summed E-state index contributed by atoms with van der Waals surface area (Å²) in [5, 5.41) is -5.76. The predicted octanol–water partition coefficient (Wildman–Crippen LogP) is 2.31. The Hall–Kier alpha value is -3.24. The highest BCUT2D eigenvalue weighted by atomic mass is 32.2. The first-order chi connectivity index (χ1) is 15.1. The standard InChI is InChI=1S/C17H12F4O11S/c1-6(5-28-4-3-16(18,19)17(20,21)33(25,26)27)14(23)31-13-11-9(29-7(2)22)8-10(30-11)12(13)32-15(8)24/h1,3-5H2,2H3,(H,25,26,27). The average Bonchev–Trinajstić information content (AvgIpc) is 3.28. The molecule has 0 amide bonds. The molecule has 180 valence electrons. The van der Waals surface area contributed by atoms with Crippen LogP contribution in [0.25, 0.3) is 11.2 Å². The first-order valence-corrected chi connectivity index (χ1v) is 10.0. The van der Waals surface area contributed by atoms with Crippen LogP contribution >= 0.6 is 0 Å². The zero-order chi connectivity index (χ0) is 24.9. The van der Waals surface area contributed by atoms with Gasteiger partial charge >= 0.3 is 39.2 Å². The zero-order valence-corrected chi connectivity index (χ0v) is 17.1. The van der Waals surface area contributed by atoms with E-state index >= 15 is 0 Å². The van der Waals surface area contributed by atoms with Crippen molar-refractivity contribution in [1.82, 2.24) is 0 Å². The summed E-state index contributed by atoms with van der Waals surface area (Å²) in [6, 6.07) is 0. The van der Waals surface area contributed by atoms with Crippen molar-refractivity contribution in [3.63, 3.8) is 0 Å². The molecule has 1 aliphatic rings. The fraction of sp³-hybridized carbons (Fsp3) is 0.353. The molecule has 0 fully saturated rings. The summed E-state index contributed by atoms with van der Waals surface area (Å²) in [5.74, 6) is -9.19. The van der Waals surface area contributed by atoms with Crippen molar-refractivity contribution in [3.8, 4) is 17.2 Å². The molecule has 0 spiro atoms. The van der Waals surface area contributed by atoms with Gasteiger partial charge in [-0.3, -0.25) is 9.35 Å². The molecular weight excluding hydrogens is 488 g/mol. The maximum Gasteiger partial charge on any atom is 0.431 e. The summed E-state index contributed by atoms with van der Waals surface area (Å²) in [4.78, 5) is 35.3. The highest BCUT2D eigenvalue weighted by Crippen LogP contribution is 2.55. The van der Waals surface area contributed by atoms with E-state index in [1.165, 1.54) is 0 Å². The van der Waals surface area contributed by atoms with E-state index in [0.717, 1.165) is 6.92 Å². The Morgan fingerprint density at radius 2 is 1.76 bits per heavy atom. The topological polar surface area (TPSA) is 156 Å². The summed E-state index contributed by atoms with van der Waals surface area (Å²) in [7, 11) is -6.39. The molecule has 0 aromatic carbocycles. The highest BCUT2D eigenvalue weighted by Gasteiger charge is 2.65. The Balaban J connectivity index is 1.61. The Labute approximate surface area is 180 Å². The smallest absolute Gasteiger partial charge is 0.431 e. The molecule has 33 heavy (non-hydrogen) atoms. The van der Waals surface area contributed by atoms with Crippen LogP contribution < -0.4 is 14.2 Å². The summed E-state index contributed by atoms with van der Waals surface area (Å²) in [6.45, 7) is 2.34. The van der Waals surface area contributed by atoms with Crippen molar-refractivity contribution in [3.05, 3.63) is 17.7 Å². The molecule has 0 radical (unpaired) electrons. The van der Waals surface area contributed by atoms with Crippen LogP contribution in [0.3, 0.4) is 0 Å². The number of furan rings is 2. The minimum absolute atomic E-state index is 0.141. The van der Waals surface area contributed by atoms with Crippen LogP contribution in [0.5, 0.6) is 17.2 Å². The lowest BCUT2D eigenvalue weighted by atomic mass is 10.2. The zero-order valence-electron chi connectivity index (χ0n) is 16.3. The second kappa shape index (κ2) is 7.96. The molecule has 0 saturated carbocycles. The molecule has 1 N–H and O–H groups in total. The van der Waals surface area contributed by atoms with Gasteiger partial charge in [0, 0.05) is 13.3 Å². The second-order valence-corrected chi connectivity index (χ2v) is 8.06. The van der Waals surface area contributed by atoms with E-state index < -0.39 is 70.2 Å². The van der Waals surface area contributed by atoms with Gasteiger partial charge in [0.15, 0.2) is 16.9 Å². The summed E-state index contributed by atoms with van der Waals surface area (Å²) in [5.41, 5.74) is -1.13. The third-order valence-corrected chi connectivity index (χ3v) is 5.14. The number of hydrogen-bond acceptors (Lipinski definition) is 10. The molecule has 2 aromatic heterocycles. The number of carbonyl (C=O) groups excluding carboxylic acids is 3. The molecule has 3 heterocycles. The maximum atomic E-state index is 13.4. The summed E-state index contributed by atoms with van der Waals surface area (Å²) in [6.07, 6.45) is -1.82. The van der Waals surface area contributed by atoms with Crippen molar-refractivity contribution < 1.29 is 68.3 Å². The number of carbonyl (C=O) groups is 3. The fourth-order valence-corrected chi connectivity index (χ4v) is 3.12. The average molecular weight is 500 g/mol. The van der Waals surface area contributed by atoms with Crippen LogP contribution in [-0.4, -0.2) is 55.3 Å². The van der Waals surface area contributed by atoms with Crippen LogP contribution in [0.4, 0.5) is 17.6 Å².